The van der Waals surface area contributed by atoms with Gasteiger partial charge in [0.2, 0.25) is 0 Å². The van der Waals surface area contributed by atoms with Crippen molar-refractivity contribution >= 4 is 34.1 Å². The first-order valence-corrected chi connectivity index (χ1v) is 10.4. The molecule has 0 saturated heterocycles. The van der Waals surface area contributed by atoms with Gasteiger partial charge in [0.25, 0.3) is 0 Å². The van der Waals surface area contributed by atoms with Crippen LogP contribution < -0.4 is 9.64 Å². The molecule has 1 aliphatic rings. The Labute approximate surface area is 186 Å². The fraction of sp³-hybridized carbons (Fsp3) is 0.292. The Morgan fingerprint density at radius 2 is 2.06 bits per heavy atom. The molecule has 0 aliphatic carbocycles. The largest absolute Gasteiger partial charge is 0.509 e. The minimum Gasteiger partial charge on any atom is -0.509 e. The summed E-state index contributed by atoms with van der Waals surface area (Å²) in [7, 11) is 3.44. The number of aromatic nitrogens is 2. The van der Waals surface area contributed by atoms with E-state index in [1.165, 1.54) is 0 Å². The first kappa shape index (κ1) is 21.4. The van der Waals surface area contributed by atoms with E-state index in [1.54, 1.807) is 36.3 Å². The molecule has 1 unspecified atom stereocenters. The van der Waals surface area contributed by atoms with Gasteiger partial charge in [-0.05, 0) is 43.7 Å². The van der Waals surface area contributed by atoms with Crippen molar-refractivity contribution in [3.05, 3.63) is 59.6 Å². The predicted molar refractivity (Wildman–Crippen MR) is 123 cm³/mol. The highest BCUT2D eigenvalue weighted by Crippen LogP contribution is 2.33. The average molecular weight is 434 g/mol. The van der Waals surface area contributed by atoms with E-state index in [4.69, 9.17) is 14.9 Å². The SMILES string of the molecule is CCC(C)OC(=O)c1cccc(N2CC(O)=C(c3nc4cc(OC)ccc4n3C)C2=N)c1. The van der Waals surface area contributed by atoms with E-state index < -0.39 is 5.97 Å². The number of ether oxygens (including phenoxy) is 2. The van der Waals surface area contributed by atoms with Crippen LogP contribution in [0.1, 0.15) is 36.5 Å². The number of aryl methyl sites for hydroxylation is 1. The number of hydrogen-bond donors (Lipinski definition) is 2. The molecule has 1 aromatic heterocycles. The minimum atomic E-state index is -0.409. The summed E-state index contributed by atoms with van der Waals surface area (Å²) in [5, 5.41) is 19.5. The van der Waals surface area contributed by atoms with Crippen LogP contribution in [0.5, 0.6) is 5.75 Å². The Bertz CT molecular complexity index is 1240. The second kappa shape index (κ2) is 8.37. The maximum absolute atomic E-state index is 12.4. The van der Waals surface area contributed by atoms with Gasteiger partial charge < -0.3 is 24.0 Å². The molecule has 2 aromatic carbocycles. The Morgan fingerprint density at radius 1 is 1.28 bits per heavy atom. The maximum atomic E-state index is 12.4. The van der Waals surface area contributed by atoms with Gasteiger partial charge in [-0.25, -0.2) is 9.78 Å². The van der Waals surface area contributed by atoms with Gasteiger partial charge in [0, 0.05) is 18.8 Å². The van der Waals surface area contributed by atoms with Crippen molar-refractivity contribution in [1.29, 1.82) is 5.41 Å². The number of nitrogens with zero attached hydrogens (tertiary/aromatic N) is 3. The van der Waals surface area contributed by atoms with E-state index in [1.807, 2.05) is 43.7 Å². The third-order valence-corrected chi connectivity index (χ3v) is 5.69. The number of anilines is 1. The molecule has 32 heavy (non-hydrogen) atoms. The van der Waals surface area contributed by atoms with Crippen molar-refractivity contribution in [2.24, 2.45) is 7.05 Å². The van der Waals surface area contributed by atoms with Gasteiger partial charge in [0.1, 0.15) is 23.2 Å². The zero-order valence-electron chi connectivity index (χ0n) is 18.5. The first-order valence-electron chi connectivity index (χ1n) is 10.4. The second-order valence-electron chi connectivity index (χ2n) is 7.78. The number of fused-ring (bicyclic) bond motifs is 1. The number of imidazole rings is 1. The van der Waals surface area contributed by atoms with Crippen LogP contribution in [0.2, 0.25) is 0 Å². The lowest BCUT2D eigenvalue weighted by Gasteiger charge is -2.20. The summed E-state index contributed by atoms with van der Waals surface area (Å²) in [6.45, 7) is 3.91. The van der Waals surface area contributed by atoms with Crippen molar-refractivity contribution in [1.82, 2.24) is 9.55 Å². The van der Waals surface area contributed by atoms with E-state index in [0.717, 1.165) is 11.9 Å². The van der Waals surface area contributed by atoms with Gasteiger partial charge in [0.15, 0.2) is 0 Å². The third kappa shape index (κ3) is 3.68. The van der Waals surface area contributed by atoms with E-state index in [9.17, 15) is 9.90 Å². The van der Waals surface area contributed by atoms with Crippen molar-refractivity contribution in [3.8, 4) is 5.75 Å². The summed E-state index contributed by atoms with van der Waals surface area (Å²) >= 11 is 0. The molecular formula is C24H26N4O4. The molecule has 0 radical (unpaired) electrons. The molecule has 0 bridgehead atoms. The summed E-state index contributed by atoms with van der Waals surface area (Å²) in [5.74, 6) is 0.928. The monoisotopic (exact) mass is 434 g/mol. The molecule has 2 N–H and O–H groups in total. The molecule has 166 valence electrons. The first-order chi connectivity index (χ1) is 15.3. The zero-order chi connectivity index (χ0) is 23.0. The van der Waals surface area contributed by atoms with Crippen LogP contribution in [0.3, 0.4) is 0 Å². The highest BCUT2D eigenvalue weighted by molar-refractivity contribution is 6.30. The Hall–Kier alpha value is -3.81. The molecular weight excluding hydrogens is 408 g/mol. The van der Waals surface area contributed by atoms with Gasteiger partial charge in [-0.15, -0.1) is 0 Å². The normalized spacial score (nSPS) is 14.9. The van der Waals surface area contributed by atoms with Gasteiger partial charge in [-0.1, -0.05) is 13.0 Å². The highest BCUT2D eigenvalue weighted by atomic mass is 16.5. The number of carbonyl (C=O) groups excluding carboxylic acids is 1. The predicted octanol–water partition coefficient (Wildman–Crippen LogP) is 4.30. The topological polar surface area (TPSA) is 101 Å². The molecule has 3 aromatic rings. The lowest BCUT2D eigenvalue weighted by molar-refractivity contribution is 0.0334. The van der Waals surface area contributed by atoms with Crippen molar-refractivity contribution in [2.75, 3.05) is 18.6 Å². The van der Waals surface area contributed by atoms with Gasteiger partial charge in [0.05, 0.1) is 41.9 Å². The van der Waals surface area contributed by atoms with Crippen LogP contribution in [0, 0.1) is 5.41 Å². The van der Waals surface area contributed by atoms with Crippen LogP contribution in [-0.2, 0) is 11.8 Å². The lowest BCUT2D eigenvalue weighted by atomic mass is 10.1. The average Bonchev–Trinajstić information content (AvgIpc) is 3.28. The molecule has 8 heteroatoms. The Morgan fingerprint density at radius 3 is 2.78 bits per heavy atom. The molecule has 2 heterocycles. The zero-order valence-corrected chi connectivity index (χ0v) is 18.5. The number of nitrogens with one attached hydrogen (secondary N) is 1. The Kier molecular flexibility index (Phi) is 5.61. The number of amidine groups is 1. The maximum Gasteiger partial charge on any atom is 0.338 e. The molecule has 0 amide bonds. The molecule has 4 rings (SSSR count). The smallest absolute Gasteiger partial charge is 0.338 e. The number of benzene rings is 2. The van der Waals surface area contributed by atoms with Crippen LogP contribution in [0.25, 0.3) is 16.6 Å². The minimum absolute atomic E-state index is 0.0490. The molecule has 8 nitrogen and oxygen atoms in total. The van der Waals surface area contributed by atoms with Gasteiger partial charge >= 0.3 is 5.97 Å². The van der Waals surface area contributed by atoms with Crippen molar-refractivity contribution < 1.29 is 19.4 Å². The Balaban J connectivity index is 1.65. The van der Waals surface area contributed by atoms with Crippen LogP contribution in [0.15, 0.2) is 48.2 Å². The highest BCUT2D eigenvalue weighted by Gasteiger charge is 2.32. The number of hydrogen-bond acceptors (Lipinski definition) is 6. The number of carbonyl (C=O) groups is 1. The molecule has 0 spiro atoms. The number of rotatable bonds is 6. The van der Waals surface area contributed by atoms with Gasteiger partial charge in [-0.3, -0.25) is 5.41 Å². The lowest BCUT2D eigenvalue weighted by Crippen LogP contribution is -2.26. The van der Waals surface area contributed by atoms with E-state index in [-0.39, 0.29) is 24.2 Å². The van der Waals surface area contributed by atoms with E-state index in [2.05, 4.69) is 4.98 Å². The number of methoxy groups -OCH3 is 1. The number of esters is 1. The number of aliphatic hydroxyl groups is 1. The molecule has 0 fully saturated rings. The van der Waals surface area contributed by atoms with Crippen LogP contribution in [-0.4, -0.2) is 46.2 Å². The third-order valence-electron chi connectivity index (χ3n) is 5.69. The molecule has 0 saturated carbocycles. The van der Waals surface area contributed by atoms with Crippen molar-refractivity contribution in [2.45, 2.75) is 26.4 Å². The second-order valence-corrected chi connectivity index (χ2v) is 7.78. The summed E-state index contributed by atoms with van der Waals surface area (Å²) in [5.41, 5.74) is 2.95. The summed E-state index contributed by atoms with van der Waals surface area (Å²) in [6, 6.07) is 12.5. The number of aliphatic hydroxyl groups excluding tert-OH is 1. The standard InChI is InChI=1S/C24H26N4O4/c1-5-14(2)32-24(30)15-7-6-8-16(11-15)28-13-20(29)21(22(28)25)23-26-18-12-17(31-4)9-10-19(18)27(23)3/h6-12,14,25,29H,5,13H2,1-4H3. The van der Waals surface area contributed by atoms with Crippen molar-refractivity contribution in [3.63, 3.8) is 0 Å². The molecule has 1 aliphatic heterocycles. The fourth-order valence-corrected chi connectivity index (χ4v) is 3.70. The molecule has 1 atom stereocenters. The van der Waals surface area contributed by atoms with E-state index in [0.29, 0.717) is 33.9 Å². The van der Waals surface area contributed by atoms with E-state index >= 15 is 0 Å². The van der Waals surface area contributed by atoms with Crippen LogP contribution >= 0.6 is 0 Å². The fourth-order valence-electron chi connectivity index (χ4n) is 3.70. The summed E-state index contributed by atoms with van der Waals surface area (Å²) < 4.78 is 12.5. The van der Waals surface area contributed by atoms with Crippen LogP contribution in [0.4, 0.5) is 5.69 Å². The summed E-state index contributed by atoms with van der Waals surface area (Å²) in [4.78, 5) is 18.7. The van der Waals surface area contributed by atoms with Gasteiger partial charge in [-0.2, -0.15) is 0 Å². The quantitative estimate of drug-likeness (QED) is 0.561. The summed E-state index contributed by atoms with van der Waals surface area (Å²) in [6.07, 6.45) is 0.553.